The van der Waals surface area contributed by atoms with Crippen molar-refractivity contribution in [2.75, 3.05) is 25.5 Å². The highest BCUT2D eigenvalue weighted by molar-refractivity contribution is 5.96. The molecule has 1 aliphatic rings. The topological polar surface area (TPSA) is 71.3 Å². The van der Waals surface area contributed by atoms with Crippen molar-refractivity contribution in [1.29, 1.82) is 0 Å². The minimum Gasteiger partial charge on any atom is -0.388 e. The van der Waals surface area contributed by atoms with E-state index in [9.17, 15) is 4.79 Å². The van der Waals surface area contributed by atoms with E-state index in [-0.39, 0.29) is 17.7 Å². The van der Waals surface area contributed by atoms with Crippen LogP contribution in [-0.2, 0) is 0 Å². The zero-order chi connectivity index (χ0) is 18.1. The smallest absolute Gasteiger partial charge is 0.259 e. The van der Waals surface area contributed by atoms with Gasteiger partial charge >= 0.3 is 0 Å². The Morgan fingerprint density at radius 2 is 2.12 bits per heavy atom. The Hall–Kier alpha value is -2.37. The number of nitrogens with zero attached hydrogens (tertiary/aromatic N) is 3. The summed E-state index contributed by atoms with van der Waals surface area (Å²) in [7, 11) is 1.91. The van der Waals surface area contributed by atoms with Gasteiger partial charge < -0.3 is 14.7 Å². The number of anilines is 1. The number of carbonyl (C=O) groups is 1. The molecule has 2 aromatic heterocycles. The van der Waals surface area contributed by atoms with E-state index in [1.807, 2.05) is 38.8 Å². The Morgan fingerprint density at radius 1 is 1.36 bits per heavy atom. The Bertz CT molecular complexity index is 782. The van der Waals surface area contributed by atoms with Crippen LogP contribution in [0.25, 0.3) is 0 Å². The van der Waals surface area contributed by atoms with E-state index in [1.165, 1.54) is 0 Å². The summed E-state index contributed by atoms with van der Waals surface area (Å²) in [6, 6.07) is 4.10. The van der Waals surface area contributed by atoms with Gasteiger partial charge in [-0.15, -0.1) is 0 Å². The molecule has 0 aromatic carbocycles. The van der Waals surface area contributed by atoms with Crippen molar-refractivity contribution in [2.45, 2.75) is 46.0 Å². The van der Waals surface area contributed by atoms with Crippen LogP contribution in [-0.4, -0.2) is 41.1 Å². The minimum absolute atomic E-state index is 0.0199. The highest BCUT2D eigenvalue weighted by atomic mass is 16.5. The minimum atomic E-state index is 0.0199. The number of hydrogen-bond acceptors (Lipinski definition) is 5. The molecule has 6 heteroatoms. The van der Waals surface area contributed by atoms with Crippen LogP contribution in [0.3, 0.4) is 0 Å². The predicted molar refractivity (Wildman–Crippen MR) is 97.1 cm³/mol. The van der Waals surface area contributed by atoms with Crippen LogP contribution in [0, 0.1) is 13.8 Å². The van der Waals surface area contributed by atoms with Crippen LogP contribution < -0.4 is 5.32 Å². The van der Waals surface area contributed by atoms with Crippen molar-refractivity contribution in [2.24, 2.45) is 0 Å². The van der Waals surface area contributed by atoms with E-state index in [2.05, 4.69) is 21.5 Å². The molecular formula is C19H26N4O2. The first-order valence-electron chi connectivity index (χ1n) is 8.82. The van der Waals surface area contributed by atoms with Crippen molar-refractivity contribution in [3.05, 3.63) is 40.5 Å². The first-order valence-corrected chi connectivity index (χ1v) is 8.82. The monoisotopic (exact) mass is 342 g/mol. The maximum atomic E-state index is 13.0. The highest BCUT2D eigenvalue weighted by Gasteiger charge is 2.33. The number of nitrogens with one attached hydrogen (secondary N) is 1. The Labute approximate surface area is 148 Å². The lowest BCUT2D eigenvalue weighted by atomic mass is 10.0. The molecule has 0 radical (unpaired) electrons. The average Bonchev–Trinajstić information content (AvgIpc) is 3.20. The summed E-state index contributed by atoms with van der Waals surface area (Å²) in [6.45, 7) is 9.27. The van der Waals surface area contributed by atoms with Gasteiger partial charge in [0, 0.05) is 43.1 Å². The lowest BCUT2D eigenvalue weighted by Crippen LogP contribution is -2.29. The molecule has 0 unspecified atom stereocenters. The number of likely N-dealkylation sites (tertiary alicyclic amines) is 1. The van der Waals surface area contributed by atoms with Gasteiger partial charge in [-0.1, -0.05) is 19.0 Å². The number of aromatic nitrogens is 2. The second-order valence-corrected chi connectivity index (χ2v) is 7.06. The lowest BCUT2D eigenvalue weighted by Gasteiger charge is -2.17. The summed E-state index contributed by atoms with van der Waals surface area (Å²) in [5.41, 5.74) is 4.47. The molecule has 1 amide bonds. The Kier molecular flexibility index (Phi) is 4.79. The van der Waals surface area contributed by atoms with Crippen molar-refractivity contribution < 1.29 is 9.32 Å². The van der Waals surface area contributed by atoms with Gasteiger partial charge in [0.25, 0.3) is 5.91 Å². The van der Waals surface area contributed by atoms with Crippen LogP contribution in [0.1, 0.15) is 65.3 Å². The maximum absolute atomic E-state index is 13.0. The van der Waals surface area contributed by atoms with Gasteiger partial charge in [-0.2, -0.15) is 0 Å². The molecular weight excluding hydrogens is 316 g/mol. The third-order valence-corrected chi connectivity index (χ3v) is 4.81. The number of pyridine rings is 1. The van der Waals surface area contributed by atoms with E-state index in [4.69, 9.17) is 4.52 Å². The first kappa shape index (κ1) is 17.5. The van der Waals surface area contributed by atoms with Crippen LogP contribution in [0.5, 0.6) is 0 Å². The zero-order valence-electron chi connectivity index (χ0n) is 15.6. The predicted octanol–water partition coefficient (Wildman–Crippen LogP) is 3.48. The number of rotatable bonds is 4. The number of carbonyl (C=O) groups excluding carboxylic acids is 1. The fraction of sp³-hybridized carbons (Fsp3) is 0.526. The molecule has 0 spiro atoms. The first-order chi connectivity index (χ1) is 11.9. The molecule has 0 saturated carbocycles. The van der Waals surface area contributed by atoms with Crippen LogP contribution >= 0.6 is 0 Å². The largest absolute Gasteiger partial charge is 0.388 e. The lowest BCUT2D eigenvalue weighted by molar-refractivity contribution is 0.0787. The molecule has 2 aromatic rings. The van der Waals surface area contributed by atoms with E-state index in [0.29, 0.717) is 17.9 Å². The fourth-order valence-electron chi connectivity index (χ4n) is 3.44. The fourth-order valence-corrected chi connectivity index (χ4v) is 3.44. The molecule has 3 heterocycles. The third kappa shape index (κ3) is 3.38. The van der Waals surface area contributed by atoms with Crippen molar-refractivity contribution in [3.63, 3.8) is 0 Å². The summed E-state index contributed by atoms with van der Waals surface area (Å²) in [5, 5.41) is 7.25. The quantitative estimate of drug-likeness (QED) is 0.921. The number of hydrogen-bond donors (Lipinski definition) is 1. The zero-order valence-corrected chi connectivity index (χ0v) is 15.6. The van der Waals surface area contributed by atoms with Gasteiger partial charge in [0.15, 0.2) is 0 Å². The molecule has 1 fully saturated rings. The SMILES string of the molecule is CNc1cc(C)nc([C@H]2CCN(C(=O)c3c(C(C)C)noc3C)C2)c1. The molecule has 6 nitrogen and oxygen atoms in total. The molecule has 25 heavy (non-hydrogen) atoms. The Morgan fingerprint density at radius 3 is 2.80 bits per heavy atom. The van der Waals surface area contributed by atoms with Gasteiger partial charge in [0.05, 0.1) is 5.69 Å². The van der Waals surface area contributed by atoms with Crippen LogP contribution in [0.2, 0.25) is 0 Å². The molecule has 1 aliphatic heterocycles. The van der Waals surface area contributed by atoms with Gasteiger partial charge in [-0.3, -0.25) is 9.78 Å². The second-order valence-electron chi connectivity index (χ2n) is 7.06. The van der Waals surface area contributed by atoms with Crippen molar-refractivity contribution >= 4 is 11.6 Å². The number of amides is 1. The molecule has 0 bridgehead atoms. The second kappa shape index (κ2) is 6.86. The summed E-state index contributed by atoms with van der Waals surface area (Å²) in [5.74, 6) is 1.04. The normalized spacial score (nSPS) is 17.4. The van der Waals surface area contributed by atoms with E-state index >= 15 is 0 Å². The van der Waals surface area contributed by atoms with E-state index in [0.717, 1.165) is 35.7 Å². The summed E-state index contributed by atoms with van der Waals surface area (Å²) >= 11 is 0. The number of aryl methyl sites for hydroxylation is 2. The Balaban J connectivity index is 1.80. The molecule has 3 rings (SSSR count). The summed E-state index contributed by atoms with van der Waals surface area (Å²) in [6.07, 6.45) is 0.923. The maximum Gasteiger partial charge on any atom is 0.259 e. The van der Waals surface area contributed by atoms with Crippen molar-refractivity contribution in [3.8, 4) is 0 Å². The average molecular weight is 342 g/mol. The molecule has 0 aliphatic carbocycles. The molecule has 1 atom stereocenters. The summed E-state index contributed by atoms with van der Waals surface area (Å²) < 4.78 is 5.28. The van der Waals surface area contributed by atoms with Gasteiger partial charge in [-0.25, -0.2) is 0 Å². The van der Waals surface area contributed by atoms with E-state index in [1.54, 1.807) is 6.92 Å². The molecule has 1 saturated heterocycles. The van der Waals surface area contributed by atoms with Crippen LogP contribution in [0.4, 0.5) is 5.69 Å². The van der Waals surface area contributed by atoms with Gasteiger partial charge in [0.1, 0.15) is 11.3 Å². The summed E-state index contributed by atoms with van der Waals surface area (Å²) in [4.78, 5) is 19.6. The van der Waals surface area contributed by atoms with Gasteiger partial charge in [0.2, 0.25) is 0 Å². The van der Waals surface area contributed by atoms with E-state index < -0.39 is 0 Å². The third-order valence-electron chi connectivity index (χ3n) is 4.81. The van der Waals surface area contributed by atoms with Crippen LogP contribution in [0.15, 0.2) is 16.7 Å². The highest BCUT2D eigenvalue weighted by Crippen LogP contribution is 2.31. The van der Waals surface area contributed by atoms with Crippen molar-refractivity contribution in [1.82, 2.24) is 15.0 Å². The van der Waals surface area contributed by atoms with Gasteiger partial charge in [-0.05, 0) is 38.3 Å². The standard InChI is InChI=1S/C19H26N4O2/c1-11(2)18-17(13(4)25-22-18)19(24)23-7-6-14(10-23)16-9-15(20-5)8-12(3)21-16/h8-9,11,14H,6-7,10H2,1-5H3,(H,20,21)/t14-/m0/s1. The molecule has 1 N–H and O–H groups in total. The molecule has 134 valence electrons.